The molecule has 0 fully saturated rings. The molecule has 0 saturated heterocycles. The first kappa shape index (κ1) is 18.5. The number of carbonyl (C=O) groups is 2. The third kappa shape index (κ3) is 5.11. The van der Waals surface area contributed by atoms with Gasteiger partial charge >= 0.3 is 5.97 Å². The Morgan fingerprint density at radius 1 is 1.23 bits per heavy atom. The molecule has 7 nitrogen and oxygen atoms in total. The van der Waals surface area contributed by atoms with Crippen LogP contribution in [0.25, 0.3) is 0 Å². The number of rotatable bonds is 7. The Balaban J connectivity index is 1.99. The second-order valence-corrected chi connectivity index (χ2v) is 5.23. The third-order valence-electron chi connectivity index (χ3n) is 3.47. The number of carboxylic acid groups (broad SMARTS) is 1. The van der Waals surface area contributed by atoms with E-state index in [9.17, 15) is 9.59 Å². The molecule has 0 aliphatic carbocycles. The first-order valence-corrected chi connectivity index (χ1v) is 7.65. The number of ether oxygens (including phenoxy) is 1. The Morgan fingerprint density at radius 2 is 1.96 bits per heavy atom. The second kappa shape index (κ2) is 8.89. The smallest absolute Gasteiger partial charge is 0.335 e. The molecule has 3 N–H and O–H groups in total. The Morgan fingerprint density at radius 3 is 2.58 bits per heavy atom. The SMILES string of the molecule is COc1ccc(CNC(=O)/C(C#N)=C\Nc2cccc(C(=O)O)c2)cc1. The highest BCUT2D eigenvalue weighted by molar-refractivity contribution is 5.97. The van der Waals surface area contributed by atoms with Gasteiger partial charge in [0.2, 0.25) is 0 Å². The third-order valence-corrected chi connectivity index (χ3v) is 3.47. The molecule has 2 aromatic rings. The first-order valence-electron chi connectivity index (χ1n) is 7.65. The van der Waals surface area contributed by atoms with E-state index in [0.717, 1.165) is 5.56 Å². The van der Waals surface area contributed by atoms with Crippen LogP contribution in [0.5, 0.6) is 5.75 Å². The highest BCUT2D eigenvalue weighted by Crippen LogP contribution is 2.12. The number of anilines is 1. The lowest BCUT2D eigenvalue weighted by atomic mass is 10.2. The van der Waals surface area contributed by atoms with E-state index >= 15 is 0 Å². The minimum absolute atomic E-state index is 0.103. The fourth-order valence-electron chi connectivity index (χ4n) is 2.07. The molecular weight excluding hydrogens is 334 g/mol. The second-order valence-electron chi connectivity index (χ2n) is 5.23. The van der Waals surface area contributed by atoms with Gasteiger partial charge in [-0.2, -0.15) is 5.26 Å². The zero-order valence-corrected chi connectivity index (χ0v) is 14.0. The Hall–Kier alpha value is -3.79. The average molecular weight is 351 g/mol. The van der Waals surface area contributed by atoms with Crippen molar-refractivity contribution in [1.82, 2.24) is 5.32 Å². The molecule has 0 radical (unpaired) electrons. The molecule has 0 spiro atoms. The molecule has 0 aromatic heterocycles. The number of benzene rings is 2. The normalized spacial score (nSPS) is 10.5. The summed E-state index contributed by atoms with van der Waals surface area (Å²) in [6, 6.07) is 15.0. The van der Waals surface area contributed by atoms with Crippen LogP contribution in [-0.4, -0.2) is 24.1 Å². The van der Waals surface area contributed by atoms with Gasteiger partial charge in [0.05, 0.1) is 12.7 Å². The summed E-state index contributed by atoms with van der Waals surface area (Å²) in [5.41, 5.74) is 1.30. The summed E-state index contributed by atoms with van der Waals surface area (Å²) in [5, 5.41) is 23.5. The number of nitrogens with one attached hydrogen (secondary N) is 2. The average Bonchev–Trinajstić information content (AvgIpc) is 2.67. The molecule has 7 heteroatoms. The standard InChI is InChI=1S/C19H17N3O4/c1-26-17-7-5-13(6-8-17)11-22-18(23)15(10-20)12-21-16-4-2-3-14(9-16)19(24)25/h2-9,12,21H,11H2,1H3,(H,22,23)(H,24,25)/b15-12-. The lowest BCUT2D eigenvalue weighted by Gasteiger charge is -2.07. The van der Waals surface area contributed by atoms with Gasteiger partial charge in [-0.1, -0.05) is 18.2 Å². The molecule has 0 atom stereocenters. The largest absolute Gasteiger partial charge is 0.497 e. The van der Waals surface area contributed by atoms with Crippen LogP contribution in [0, 0.1) is 11.3 Å². The topological polar surface area (TPSA) is 111 Å². The van der Waals surface area contributed by atoms with Crippen LogP contribution in [0.4, 0.5) is 5.69 Å². The van der Waals surface area contributed by atoms with E-state index in [0.29, 0.717) is 11.4 Å². The van der Waals surface area contributed by atoms with Crippen molar-refractivity contribution >= 4 is 17.6 Å². The predicted molar refractivity (Wildman–Crippen MR) is 95.6 cm³/mol. The molecule has 0 unspecified atom stereocenters. The number of nitrogens with zero attached hydrogens (tertiary/aromatic N) is 1. The molecule has 2 rings (SSSR count). The number of nitriles is 1. The zero-order chi connectivity index (χ0) is 18.9. The maximum absolute atomic E-state index is 12.1. The predicted octanol–water partition coefficient (Wildman–Crippen LogP) is 2.53. The summed E-state index contributed by atoms with van der Waals surface area (Å²) in [5.74, 6) is -0.883. The number of hydrogen-bond acceptors (Lipinski definition) is 5. The van der Waals surface area contributed by atoms with Crippen LogP contribution < -0.4 is 15.4 Å². The maximum Gasteiger partial charge on any atom is 0.335 e. The van der Waals surface area contributed by atoms with E-state index in [1.165, 1.54) is 18.3 Å². The van der Waals surface area contributed by atoms with Crippen LogP contribution in [0.3, 0.4) is 0 Å². The molecule has 2 aromatic carbocycles. The van der Waals surface area contributed by atoms with E-state index < -0.39 is 11.9 Å². The molecule has 132 valence electrons. The van der Waals surface area contributed by atoms with Gasteiger partial charge in [0.1, 0.15) is 17.4 Å². The van der Waals surface area contributed by atoms with Crippen LogP contribution in [-0.2, 0) is 11.3 Å². The lowest BCUT2D eigenvalue weighted by molar-refractivity contribution is -0.117. The molecule has 0 aliphatic rings. The maximum atomic E-state index is 12.1. The van der Waals surface area contributed by atoms with Crippen molar-refractivity contribution < 1.29 is 19.4 Å². The van der Waals surface area contributed by atoms with E-state index in [1.54, 1.807) is 31.4 Å². The van der Waals surface area contributed by atoms with Gasteiger partial charge in [-0.05, 0) is 35.9 Å². The van der Waals surface area contributed by atoms with E-state index in [-0.39, 0.29) is 17.7 Å². The van der Waals surface area contributed by atoms with Crippen LogP contribution in [0.15, 0.2) is 60.3 Å². The fraction of sp³-hybridized carbons (Fsp3) is 0.105. The molecule has 0 heterocycles. The van der Waals surface area contributed by atoms with Crippen molar-refractivity contribution in [2.24, 2.45) is 0 Å². The number of aromatic carboxylic acids is 1. The van der Waals surface area contributed by atoms with Crippen LogP contribution in [0.2, 0.25) is 0 Å². The molecular formula is C19H17N3O4. The van der Waals surface area contributed by atoms with Gasteiger partial charge in [0.25, 0.3) is 5.91 Å². The number of methoxy groups -OCH3 is 1. The molecule has 0 aliphatic heterocycles. The van der Waals surface area contributed by atoms with Gasteiger partial charge in [-0.3, -0.25) is 4.79 Å². The number of carboxylic acids is 1. The van der Waals surface area contributed by atoms with Gasteiger partial charge < -0.3 is 20.5 Å². The molecule has 1 amide bonds. The van der Waals surface area contributed by atoms with E-state index in [1.807, 2.05) is 18.2 Å². The van der Waals surface area contributed by atoms with E-state index in [2.05, 4.69) is 10.6 Å². The minimum Gasteiger partial charge on any atom is -0.497 e. The number of carbonyl (C=O) groups excluding carboxylic acids is 1. The summed E-state index contributed by atoms with van der Waals surface area (Å²) in [6.07, 6.45) is 1.24. The van der Waals surface area contributed by atoms with Gasteiger partial charge in [-0.25, -0.2) is 4.79 Å². The van der Waals surface area contributed by atoms with Crippen molar-refractivity contribution in [1.29, 1.82) is 5.26 Å². The summed E-state index contributed by atoms with van der Waals surface area (Å²) in [6.45, 7) is 0.260. The van der Waals surface area contributed by atoms with Gasteiger partial charge in [0, 0.05) is 18.4 Å². The van der Waals surface area contributed by atoms with Gasteiger partial charge in [0.15, 0.2) is 0 Å². The lowest BCUT2D eigenvalue weighted by Crippen LogP contribution is -2.24. The van der Waals surface area contributed by atoms with E-state index in [4.69, 9.17) is 15.1 Å². The Labute approximate surface area is 150 Å². The highest BCUT2D eigenvalue weighted by Gasteiger charge is 2.09. The number of hydrogen-bond donors (Lipinski definition) is 3. The summed E-state index contributed by atoms with van der Waals surface area (Å²) >= 11 is 0. The Kier molecular flexibility index (Phi) is 6.34. The monoisotopic (exact) mass is 351 g/mol. The van der Waals surface area contributed by atoms with Crippen molar-refractivity contribution in [3.05, 3.63) is 71.4 Å². The fourth-order valence-corrected chi connectivity index (χ4v) is 2.07. The Bertz CT molecular complexity index is 867. The summed E-state index contributed by atoms with van der Waals surface area (Å²) < 4.78 is 5.06. The quantitative estimate of drug-likeness (QED) is 0.522. The minimum atomic E-state index is -1.06. The molecule has 0 saturated carbocycles. The zero-order valence-electron chi connectivity index (χ0n) is 14.0. The number of amides is 1. The molecule has 26 heavy (non-hydrogen) atoms. The van der Waals surface area contributed by atoms with Gasteiger partial charge in [-0.15, -0.1) is 0 Å². The van der Waals surface area contributed by atoms with Crippen LogP contribution in [0.1, 0.15) is 15.9 Å². The highest BCUT2D eigenvalue weighted by atomic mass is 16.5. The van der Waals surface area contributed by atoms with Crippen molar-refractivity contribution in [3.63, 3.8) is 0 Å². The molecule has 0 bridgehead atoms. The van der Waals surface area contributed by atoms with Crippen molar-refractivity contribution in [2.45, 2.75) is 6.54 Å². The first-order chi connectivity index (χ1) is 12.5. The van der Waals surface area contributed by atoms with Crippen molar-refractivity contribution in [3.8, 4) is 11.8 Å². The van der Waals surface area contributed by atoms with Crippen LogP contribution >= 0.6 is 0 Å². The summed E-state index contributed by atoms with van der Waals surface area (Å²) in [4.78, 5) is 23.1. The summed E-state index contributed by atoms with van der Waals surface area (Å²) in [7, 11) is 1.57. The van der Waals surface area contributed by atoms with Crippen molar-refractivity contribution in [2.75, 3.05) is 12.4 Å².